The van der Waals surface area contributed by atoms with Crippen LogP contribution in [0.3, 0.4) is 0 Å². The number of alkyl halides is 3. The van der Waals surface area contributed by atoms with Crippen molar-refractivity contribution >= 4 is 6.29 Å². The van der Waals surface area contributed by atoms with Crippen molar-refractivity contribution in [2.45, 2.75) is 25.6 Å². The summed E-state index contributed by atoms with van der Waals surface area (Å²) in [6.07, 6.45) is -0.878. The standard InChI is InChI=1S/C19H17F3O3/c20-19(21,22)25-18-10-16(15-6-4-13(11-23)5-7-15)8-9-17(18)24-12-14-2-1-3-14/h4-11,14H,1-3,12H2. The third kappa shape index (κ3) is 4.53. The summed E-state index contributed by atoms with van der Waals surface area (Å²) >= 11 is 0. The topological polar surface area (TPSA) is 35.5 Å². The van der Waals surface area contributed by atoms with Crippen LogP contribution < -0.4 is 9.47 Å². The van der Waals surface area contributed by atoms with E-state index in [0.29, 0.717) is 35.5 Å². The van der Waals surface area contributed by atoms with Crippen molar-refractivity contribution in [2.75, 3.05) is 6.61 Å². The number of aldehydes is 1. The first-order valence-corrected chi connectivity index (χ1v) is 8.03. The normalized spacial score (nSPS) is 14.7. The van der Waals surface area contributed by atoms with E-state index in [4.69, 9.17) is 4.74 Å². The molecule has 0 spiro atoms. The highest BCUT2D eigenvalue weighted by Gasteiger charge is 2.33. The smallest absolute Gasteiger partial charge is 0.489 e. The van der Waals surface area contributed by atoms with Crippen LogP contribution >= 0.6 is 0 Å². The van der Waals surface area contributed by atoms with Gasteiger partial charge in [-0.1, -0.05) is 36.8 Å². The fourth-order valence-corrected chi connectivity index (χ4v) is 2.63. The molecular formula is C19H17F3O3. The molecule has 0 radical (unpaired) electrons. The molecule has 1 aliphatic carbocycles. The Kier molecular flexibility index (Phi) is 4.97. The van der Waals surface area contributed by atoms with E-state index < -0.39 is 6.36 Å². The van der Waals surface area contributed by atoms with Crippen LogP contribution in [-0.4, -0.2) is 19.3 Å². The second-order valence-electron chi connectivity index (χ2n) is 6.06. The molecule has 6 heteroatoms. The number of benzene rings is 2. The molecule has 132 valence electrons. The molecule has 0 bridgehead atoms. The molecule has 0 atom stereocenters. The van der Waals surface area contributed by atoms with Crippen LogP contribution in [0.4, 0.5) is 13.2 Å². The maximum Gasteiger partial charge on any atom is 0.573 e. The van der Waals surface area contributed by atoms with Gasteiger partial charge in [-0.25, -0.2) is 0 Å². The maximum atomic E-state index is 12.7. The van der Waals surface area contributed by atoms with E-state index in [0.717, 1.165) is 19.3 Å². The average Bonchev–Trinajstić information content (AvgIpc) is 2.53. The number of hydrogen-bond donors (Lipinski definition) is 0. The summed E-state index contributed by atoms with van der Waals surface area (Å²) in [7, 11) is 0. The highest BCUT2D eigenvalue weighted by molar-refractivity contribution is 5.77. The molecule has 2 aromatic carbocycles. The Bertz CT molecular complexity index is 735. The van der Waals surface area contributed by atoms with E-state index in [9.17, 15) is 18.0 Å². The highest BCUT2D eigenvalue weighted by atomic mass is 19.4. The van der Waals surface area contributed by atoms with Crippen LogP contribution in [0.2, 0.25) is 0 Å². The summed E-state index contributed by atoms with van der Waals surface area (Å²) in [6, 6.07) is 11.0. The Hall–Kier alpha value is -2.50. The number of halogens is 3. The zero-order valence-electron chi connectivity index (χ0n) is 13.4. The van der Waals surface area contributed by atoms with Gasteiger partial charge in [0.25, 0.3) is 0 Å². The molecule has 0 unspecified atom stereocenters. The molecule has 0 aliphatic heterocycles. The van der Waals surface area contributed by atoms with Gasteiger partial charge in [-0.2, -0.15) is 0 Å². The molecular weight excluding hydrogens is 333 g/mol. The van der Waals surface area contributed by atoms with Crippen molar-refractivity contribution < 1.29 is 27.4 Å². The minimum absolute atomic E-state index is 0.0810. The fourth-order valence-electron chi connectivity index (χ4n) is 2.63. The lowest BCUT2D eigenvalue weighted by Gasteiger charge is -2.25. The first-order chi connectivity index (χ1) is 11.9. The van der Waals surface area contributed by atoms with Gasteiger partial charge in [0.2, 0.25) is 0 Å². The second-order valence-corrected chi connectivity index (χ2v) is 6.06. The predicted octanol–water partition coefficient (Wildman–Crippen LogP) is 5.24. The van der Waals surface area contributed by atoms with Crippen molar-refractivity contribution in [3.63, 3.8) is 0 Å². The van der Waals surface area contributed by atoms with E-state index in [-0.39, 0.29) is 11.5 Å². The molecule has 1 aliphatic rings. The largest absolute Gasteiger partial charge is 0.573 e. The Morgan fingerprint density at radius 2 is 1.68 bits per heavy atom. The van der Waals surface area contributed by atoms with Gasteiger partial charge in [-0.15, -0.1) is 13.2 Å². The van der Waals surface area contributed by atoms with Crippen LogP contribution in [0.15, 0.2) is 42.5 Å². The van der Waals surface area contributed by atoms with E-state index in [2.05, 4.69) is 4.74 Å². The van der Waals surface area contributed by atoms with Crippen LogP contribution in [0.25, 0.3) is 11.1 Å². The van der Waals surface area contributed by atoms with Crippen molar-refractivity contribution in [1.29, 1.82) is 0 Å². The molecule has 25 heavy (non-hydrogen) atoms. The van der Waals surface area contributed by atoms with Gasteiger partial charge in [-0.3, -0.25) is 4.79 Å². The summed E-state index contributed by atoms with van der Waals surface area (Å²) in [5.74, 6) is 0.121. The third-order valence-electron chi connectivity index (χ3n) is 4.25. The highest BCUT2D eigenvalue weighted by Crippen LogP contribution is 2.37. The molecule has 0 N–H and O–H groups in total. The minimum atomic E-state index is -4.80. The van der Waals surface area contributed by atoms with E-state index in [1.807, 2.05) is 0 Å². The fraction of sp³-hybridized carbons (Fsp3) is 0.316. The number of hydrogen-bond acceptors (Lipinski definition) is 3. The quantitative estimate of drug-likeness (QED) is 0.668. The lowest BCUT2D eigenvalue weighted by atomic mass is 9.86. The lowest BCUT2D eigenvalue weighted by molar-refractivity contribution is -0.275. The lowest BCUT2D eigenvalue weighted by Crippen LogP contribution is -2.21. The molecule has 0 amide bonds. The van der Waals surface area contributed by atoms with Crippen LogP contribution in [0.5, 0.6) is 11.5 Å². The maximum absolute atomic E-state index is 12.7. The van der Waals surface area contributed by atoms with E-state index >= 15 is 0 Å². The van der Waals surface area contributed by atoms with Gasteiger partial charge in [-0.05, 0) is 42.0 Å². The average molecular weight is 350 g/mol. The van der Waals surface area contributed by atoms with Crippen molar-refractivity contribution in [2.24, 2.45) is 5.92 Å². The molecule has 3 rings (SSSR count). The van der Waals surface area contributed by atoms with Crippen LogP contribution in [0, 0.1) is 5.92 Å². The van der Waals surface area contributed by atoms with Crippen LogP contribution in [0.1, 0.15) is 29.6 Å². The molecule has 3 nitrogen and oxygen atoms in total. The Labute approximate surface area is 143 Å². The summed E-state index contributed by atoms with van der Waals surface area (Å²) in [4.78, 5) is 10.7. The second kappa shape index (κ2) is 7.17. The molecule has 0 heterocycles. The van der Waals surface area contributed by atoms with E-state index in [1.54, 1.807) is 30.3 Å². The number of ether oxygens (including phenoxy) is 2. The van der Waals surface area contributed by atoms with Gasteiger partial charge in [0.15, 0.2) is 11.5 Å². The summed E-state index contributed by atoms with van der Waals surface area (Å²) in [5.41, 5.74) is 1.73. The van der Waals surface area contributed by atoms with Gasteiger partial charge in [0.05, 0.1) is 6.61 Å². The minimum Gasteiger partial charge on any atom is -0.489 e. The van der Waals surface area contributed by atoms with Gasteiger partial charge in [0, 0.05) is 5.56 Å². The number of carbonyl (C=O) groups is 1. The molecule has 1 fully saturated rings. The molecule has 0 aromatic heterocycles. The molecule has 0 saturated heterocycles. The summed E-state index contributed by atoms with van der Waals surface area (Å²) < 4.78 is 47.8. The molecule has 1 saturated carbocycles. The summed E-state index contributed by atoms with van der Waals surface area (Å²) in [5, 5.41) is 0. The zero-order chi connectivity index (χ0) is 17.9. The van der Waals surface area contributed by atoms with Gasteiger partial charge >= 0.3 is 6.36 Å². The van der Waals surface area contributed by atoms with Crippen molar-refractivity contribution in [3.05, 3.63) is 48.0 Å². The Morgan fingerprint density at radius 1 is 1.00 bits per heavy atom. The summed E-state index contributed by atoms with van der Waals surface area (Å²) in [6.45, 7) is 0.390. The molecule has 2 aromatic rings. The first kappa shape index (κ1) is 17.3. The first-order valence-electron chi connectivity index (χ1n) is 8.03. The zero-order valence-corrected chi connectivity index (χ0v) is 13.4. The predicted molar refractivity (Wildman–Crippen MR) is 86.8 cm³/mol. The SMILES string of the molecule is O=Cc1ccc(-c2ccc(OCC3CCC3)c(OC(F)(F)F)c2)cc1. The monoisotopic (exact) mass is 350 g/mol. The van der Waals surface area contributed by atoms with Gasteiger partial charge < -0.3 is 9.47 Å². The third-order valence-corrected chi connectivity index (χ3v) is 4.25. The van der Waals surface area contributed by atoms with Gasteiger partial charge in [0.1, 0.15) is 6.29 Å². The van der Waals surface area contributed by atoms with Crippen molar-refractivity contribution in [1.82, 2.24) is 0 Å². The number of rotatable bonds is 6. The Balaban J connectivity index is 1.86. The van der Waals surface area contributed by atoms with Crippen molar-refractivity contribution in [3.8, 4) is 22.6 Å². The number of carbonyl (C=O) groups excluding carboxylic acids is 1. The van der Waals surface area contributed by atoms with E-state index in [1.165, 1.54) is 12.1 Å². The van der Waals surface area contributed by atoms with Crippen LogP contribution in [-0.2, 0) is 0 Å². The Morgan fingerprint density at radius 3 is 2.24 bits per heavy atom.